The fourth-order valence-corrected chi connectivity index (χ4v) is 4.71. The van der Waals surface area contributed by atoms with Crippen LogP contribution in [0.4, 0.5) is 5.00 Å². The van der Waals surface area contributed by atoms with Crippen LogP contribution in [-0.4, -0.2) is 31.1 Å². The van der Waals surface area contributed by atoms with Crippen molar-refractivity contribution in [3.63, 3.8) is 0 Å². The number of anilines is 1. The summed E-state index contributed by atoms with van der Waals surface area (Å²) in [7, 11) is 0. The summed E-state index contributed by atoms with van der Waals surface area (Å²) < 4.78 is 10.3. The van der Waals surface area contributed by atoms with E-state index < -0.39 is 11.9 Å². The molecule has 0 atom stereocenters. The Bertz CT molecular complexity index is 1070. The van der Waals surface area contributed by atoms with Gasteiger partial charge in [0.15, 0.2) is 0 Å². The third-order valence-electron chi connectivity index (χ3n) is 5.13. The number of ether oxygens (including phenoxy) is 2. The number of carbonyl (C=O) groups is 3. The lowest BCUT2D eigenvalue weighted by atomic mass is 9.88. The molecule has 0 bridgehead atoms. The average molecular weight is 466 g/mol. The van der Waals surface area contributed by atoms with E-state index in [9.17, 15) is 14.4 Å². The molecule has 0 fully saturated rings. The molecule has 7 heteroatoms. The molecule has 33 heavy (non-hydrogen) atoms. The molecule has 3 rings (SSSR count). The zero-order valence-electron chi connectivity index (χ0n) is 18.9. The number of thiophene rings is 1. The smallest absolute Gasteiger partial charge is 0.348 e. The second-order valence-corrected chi connectivity index (χ2v) is 8.35. The molecule has 1 aromatic heterocycles. The van der Waals surface area contributed by atoms with E-state index in [1.165, 1.54) is 0 Å². The second-order valence-electron chi connectivity index (χ2n) is 7.33. The fourth-order valence-electron chi connectivity index (χ4n) is 3.60. The Kier molecular flexibility index (Phi) is 8.38. The number of hydrogen-bond acceptors (Lipinski definition) is 6. The first kappa shape index (κ1) is 24.2. The Labute approximate surface area is 197 Å². The zero-order valence-corrected chi connectivity index (χ0v) is 19.7. The predicted octanol–water partition coefficient (Wildman–Crippen LogP) is 5.57. The van der Waals surface area contributed by atoms with Crippen molar-refractivity contribution in [1.82, 2.24) is 0 Å². The van der Waals surface area contributed by atoms with E-state index >= 15 is 0 Å². The van der Waals surface area contributed by atoms with Crippen molar-refractivity contribution in [3.05, 3.63) is 87.8 Å². The van der Waals surface area contributed by atoms with E-state index in [-0.39, 0.29) is 41.9 Å². The van der Waals surface area contributed by atoms with Gasteiger partial charge in [-0.15, -0.1) is 11.3 Å². The van der Waals surface area contributed by atoms with Crippen molar-refractivity contribution in [1.29, 1.82) is 0 Å². The minimum absolute atomic E-state index is 0.163. The SMILES string of the molecule is CCOC(=O)c1sc(NC(=O)CC(c2ccccc2)c2ccccc2)c(C(=O)OCC)c1C. The molecule has 0 saturated carbocycles. The molecule has 1 heterocycles. The number of hydrogen-bond donors (Lipinski definition) is 1. The Morgan fingerprint density at radius 2 is 1.36 bits per heavy atom. The topological polar surface area (TPSA) is 81.7 Å². The lowest BCUT2D eigenvalue weighted by Crippen LogP contribution is -2.18. The van der Waals surface area contributed by atoms with Crippen molar-refractivity contribution in [2.45, 2.75) is 33.1 Å². The van der Waals surface area contributed by atoms with Crippen molar-refractivity contribution in [2.24, 2.45) is 0 Å². The van der Waals surface area contributed by atoms with Crippen molar-refractivity contribution in [2.75, 3.05) is 18.5 Å². The molecule has 0 unspecified atom stereocenters. The van der Waals surface area contributed by atoms with Gasteiger partial charge in [-0.3, -0.25) is 4.79 Å². The summed E-state index contributed by atoms with van der Waals surface area (Å²) in [5.41, 5.74) is 2.65. The third kappa shape index (κ3) is 5.87. The van der Waals surface area contributed by atoms with E-state index in [2.05, 4.69) is 5.32 Å². The Morgan fingerprint density at radius 1 is 0.848 bits per heavy atom. The van der Waals surface area contributed by atoms with Gasteiger partial charge in [0.05, 0.1) is 18.8 Å². The fraction of sp³-hybridized carbons (Fsp3) is 0.269. The minimum atomic E-state index is -0.584. The van der Waals surface area contributed by atoms with Crippen LogP contribution in [0.15, 0.2) is 60.7 Å². The predicted molar refractivity (Wildman–Crippen MR) is 129 cm³/mol. The van der Waals surface area contributed by atoms with Crippen molar-refractivity contribution >= 4 is 34.2 Å². The second kappa shape index (κ2) is 11.4. The van der Waals surface area contributed by atoms with Crippen LogP contribution in [0.2, 0.25) is 0 Å². The quantitative estimate of drug-likeness (QED) is 0.418. The van der Waals surface area contributed by atoms with Gasteiger partial charge in [-0.05, 0) is 37.5 Å². The van der Waals surface area contributed by atoms with E-state index in [1.807, 2.05) is 60.7 Å². The molecule has 0 radical (unpaired) electrons. The van der Waals surface area contributed by atoms with Gasteiger partial charge in [0.2, 0.25) is 5.91 Å². The van der Waals surface area contributed by atoms with Gasteiger partial charge in [0, 0.05) is 12.3 Å². The number of carbonyl (C=O) groups excluding carboxylic acids is 3. The zero-order chi connectivity index (χ0) is 23.8. The van der Waals surface area contributed by atoms with E-state index in [1.54, 1.807) is 20.8 Å². The highest BCUT2D eigenvalue weighted by Crippen LogP contribution is 2.35. The summed E-state index contributed by atoms with van der Waals surface area (Å²) >= 11 is 1.03. The molecule has 0 spiro atoms. The Morgan fingerprint density at radius 3 is 1.88 bits per heavy atom. The van der Waals surface area contributed by atoms with Gasteiger partial charge in [0.25, 0.3) is 0 Å². The average Bonchev–Trinajstić information content (AvgIpc) is 3.14. The maximum Gasteiger partial charge on any atom is 0.348 e. The first-order chi connectivity index (χ1) is 16.0. The first-order valence-electron chi connectivity index (χ1n) is 10.8. The molecule has 1 N–H and O–H groups in total. The largest absolute Gasteiger partial charge is 0.462 e. The van der Waals surface area contributed by atoms with Gasteiger partial charge in [-0.25, -0.2) is 9.59 Å². The first-order valence-corrected chi connectivity index (χ1v) is 11.6. The molecule has 0 aliphatic heterocycles. The van der Waals surface area contributed by atoms with Crippen LogP contribution >= 0.6 is 11.3 Å². The Balaban J connectivity index is 1.91. The summed E-state index contributed by atoms with van der Waals surface area (Å²) in [5.74, 6) is -1.55. The van der Waals surface area contributed by atoms with Crippen LogP contribution in [0.5, 0.6) is 0 Å². The molecule has 2 aromatic carbocycles. The molecule has 1 amide bonds. The summed E-state index contributed by atoms with van der Waals surface area (Å²) in [6.07, 6.45) is 0.169. The summed E-state index contributed by atoms with van der Waals surface area (Å²) in [6, 6.07) is 19.6. The van der Waals surface area contributed by atoms with Crippen LogP contribution in [0, 0.1) is 6.92 Å². The van der Waals surface area contributed by atoms with Crippen molar-refractivity contribution in [3.8, 4) is 0 Å². The summed E-state index contributed by atoms with van der Waals surface area (Å²) in [6.45, 7) is 5.46. The highest BCUT2D eigenvalue weighted by Gasteiger charge is 2.28. The van der Waals surface area contributed by atoms with Gasteiger partial charge >= 0.3 is 11.9 Å². The van der Waals surface area contributed by atoms with Crippen LogP contribution < -0.4 is 5.32 Å². The number of esters is 2. The summed E-state index contributed by atoms with van der Waals surface area (Å²) in [5, 5.41) is 3.14. The van der Waals surface area contributed by atoms with Crippen LogP contribution in [0.25, 0.3) is 0 Å². The minimum Gasteiger partial charge on any atom is -0.462 e. The van der Waals surface area contributed by atoms with Gasteiger partial charge in [-0.1, -0.05) is 60.7 Å². The molecule has 0 aliphatic rings. The normalized spacial score (nSPS) is 10.7. The number of amides is 1. The monoisotopic (exact) mass is 465 g/mol. The molecule has 3 aromatic rings. The highest BCUT2D eigenvalue weighted by molar-refractivity contribution is 7.18. The highest BCUT2D eigenvalue weighted by atomic mass is 32.1. The van der Waals surface area contributed by atoms with Gasteiger partial charge in [-0.2, -0.15) is 0 Å². The molecular weight excluding hydrogens is 438 g/mol. The van der Waals surface area contributed by atoms with E-state index in [0.29, 0.717) is 10.6 Å². The van der Waals surface area contributed by atoms with Crippen LogP contribution in [-0.2, 0) is 14.3 Å². The Hall–Kier alpha value is -3.45. The molecule has 0 saturated heterocycles. The standard InChI is InChI=1S/C26H27NO5S/c1-4-31-25(29)22-17(3)23(26(30)32-5-2)33-24(22)27-21(28)16-20(18-12-8-6-9-13-18)19-14-10-7-11-15-19/h6-15,20H,4-5,16H2,1-3H3,(H,27,28). The maximum absolute atomic E-state index is 13.1. The lowest BCUT2D eigenvalue weighted by Gasteiger charge is -2.18. The van der Waals surface area contributed by atoms with Gasteiger partial charge < -0.3 is 14.8 Å². The molecule has 0 aliphatic carbocycles. The molecule has 6 nitrogen and oxygen atoms in total. The van der Waals surface area contributed by atoms with Crippen molar-refractivity contribution < 1.29 is 23.9 Å². The number of nitrogens with one attached hydrogen (secondary N) is 1. The molecule has 172 valence electrons. The number of benzene rings is 2. The van der Waals surface area contributed by atoms with Gasteiger partial charge in [0.1, 0.15) is 9.88 Å². The lowest BCUT2D eigenvalue weighted by molar-refractivity contribution is -0.116. The van der Waals surface area contributed by atoms with Crippen LogP contribution in [0.1, 0.15) is 62.9 Å². The maximum atomic E-state index is 13.1. The summed E-state index contributed by atoms with van der Waals surface area (Å²) in [4.78, 5) is 38.4. The van der Waals surface area contributed by atoms with E-state index in [0.717, 1.165) is 22.5 Å². The number of rotatable bonds is 9. The van der Waals surface area contributed by atoms with E-state index in [4.69, 9.17) is 9.47 Å². The third-order valence-corrected chi connectivity index (χ3v) is 6.32. The molecular formula is C26H27NO5S. The van der Waals surface area contributed by atoms with Crippen LogP contribution in [0.3, 0.4) is 0 Å².